The van der Waals surface area contributed by atoms with Gasteiger partial charge in [0.2, 0.25) is 0 Å². The molecule has 27 heavy (non-hydrogen) atoms. The van der Waals surface area contributed by atoms with Gasteiger partial charge in [-0.1, -0.05) is 41.9 Å². The van der Waals surface area contributed by atoms with Gasteiger partial charge in [0.25, 0.3) is 5.56 Å². The zero-order chi connectivity index (χ0) is 19.0. The van der Waals surface area contributed by atoms with Crippen LogP contribution in [0.3, 0.4) is 0 Å². The Hall–Kier alpha value is -2.18. The van der Waals surface area contributed by atoms with Crippen LogP contribution in [0.15, 0.2) is 52.4 Å². The van der Waals surface area contributed by atoms with Crippen molar-refractivity contribution >= 4 is 40.0 Å². The number of benzene rings is 2. The van der Waals surface area contributed by atoms with Crippen LogP contribution in [0.25, 0.3) is 16.6 Å². The highest BCUT2D eigenvalue weighted by atomic mass is 35.5. The standard InChI is InChI=1S/C20H16ClFN2O2S/c21-14-11-12(9-10-15(14)22)24-19(26)13-5-1-2-6-16(13)23-20(24)27-18-8-4-3-7-17(18)25/h1-2,5-6,9-11,18H,3-4,7-8H2/t18-/m1/s1. The predicted molar refractivity (Wildman–Crippen MR) is 105 cm³/mol. The number of nitrogens with zero attached hydrogens (tertiary/aromatic N) is 2. The van der Waals surface area contributed by atoms with E-state index in [0.717, 1.165) is 19.3 Å². The van der Waals surface area contributed by atoms with Gasteiger partial charge in [0, 0.05) is 6.42 Å². The topological polar surface area (TPSA) is 52.0 Å². The minimum Gasteiger partial charge on any atom is -0.298 e. The fraction of sp³-hybridized carbons (Fsp3) is 0.250. The van der Waals surface area contributed by atoms with E-state index in [9.17, 15) is 14.0 Å². The summed E-state index contributed by atoms with van der Waals surface area (Å²) in [7, 11) is 0. The van der Waals surface area contributed by atoms with Crippen molar-refractivity contribution in [3.05, 3.63) is 63.7 Å². The van der Waals surface area contributed by atoms with E-state index in [-0.39, 0.29) is 21.6 Å². The van der Waals surface area contributed by atoms with Gasteiger partial charge >= 0.3 is 0 Å². The van der Waals surface area contributed by atoms with Gasteiger partial charge in [0.15, 0.2) is 5.16 Å². The number of Topliss-reactive ketones (excluding diaryl/α,β-unsaturated/α-hetero) is 1. The molecule has 0 aliphatic heterocycles. The SMILES string of the molecule is O=C1CCCC[C@H]1Sc1nc2ccccc2c(=O)n1-c1ccc(F)c(Cl)c1. The molecule has 1 heterocycles. The van der Waals surface area contributed by atoms with E-state index in [1.807, 2.05) is 6.07 Å². The molecule has 0 spiro atoms. The van der Waals surface area contributed by atoms with E-state index in [1.165, 1.54) is 34.5 Å². The Morgan fingerprint density at radius 2 is 1.96 bits per heavy atom. The molecule has 4 rings (SSSR count). The lowest BCUT2D eigenvalue weighted by molar-refractivity contribution is -0.119. The predicted octanol–water partition coefficient (Wildman–Crippen LogP) is 4.78. The molecule has 0 saturated heterocycles. The number of para-hydroxylation sites is 1. The monoisotopic (exact) mass is 402 g/mol. The Kier molecular flexibility index (Phi) is 5.02. The number of fused-ring (bicyclic) bond motifs is 1. The summed E-state index contributed by atoms with van der Waals surface area (Å²) < 4.78 is 15.0. The van der Waals surface area contributed by atoms with Gasteiger partial charge in [-0.3, -0.25) is 14.2 Å². The van der Waals surface area contributed by atoms with Crippen LogP contribution in [-0.4, -0.2) is 20.6 Å². The Balaban J connectivity index is 1.91. The van der Waals surface area contributed by atoms with Crippen molar-refractivity contribution in [2.45, 2.75) is 36.1 Å². The lowest BCUT2D eigenvalue weighted by atomic mass is 9.99. The second kappa shape index (κ2) is 7.44. The van der Waals surface area contributed by atoms with Gasteiger partial charge in [-0.25, -0.2) is 9.37 Å². The zero-order valence-corrected chi connectivity index (χ0v) is 15.9. The van der Waals surface area contributed by atoms with E-state index >= 15 is 0 Å². The smallest absolute Gasteiger partial charge is 0.266 e. The summed E-state index contributed by atoms with van der Waals surface area (Å²) in [5.41, 5.74) is 0.724. The molecule has 2 aromatic carbocycles. The van der Waals surface area contributed by atoms with Gasteiger partial charge in [0.1, 0.15) is 11.6 Å². The number of carbonyl (C=O) groups is 1. The first-order valence-electron chi connectivity index (χ1n) is 8.71. The summed E-state index contributed by atoms with van der Waals surface area (Å²) in [4.78, 5) is 30.1. The molecule has 1 atom stereocenters. The molecule has 0 unspecified atom stereocenters. The summed E-state index contributed by atoms with van der Waals surface area (Å²) in [6.07, 6.45) is 3.19. The Morgan fingerprint density at radius 1 is 1.15 bits per heavy atom. The van der Waals surface area contributed by atoms with Gasteiger partial charge in [0.05, 0.1) is 26.9 Å². The van der Waals surface area contributed by atoms with Gasteiger partial charge in [-0.15, -0.1) is 0 Å². The number of halogens is 2. The van der Waals surface area contributed by atoms with E-state index in [4.69, 9.17) is 11.6 Å². The number of hydrogen-bond donors (Lipinski definition) is 0. The molecule has 138 valence electrons. The van der Waals surface area contributed by atoms with Crippen molar-refractivity contribution in [2.24, 2.45) is 0 Å². The molecular weight excluding hydrogens is 387 g/mol. The first-order valence-corrected chi connectivity index (χ1v) is 9.97. The molecule has 3 aromatic rings. The summed E-state index contributed by atoms with van der Waals surface area (Å²) in [5.74, 6) is -0.378. The molecule has 0 N–H and O–H groups in total. The fourth-order valence-electron chi connectivity index (χ4n) is 3.25. The first-order chi connectivity index (χ1) is 13.0. The van der Waals surface area contributed by atoms with E-state index < -0.39 is 5.82 Å². The third kappa shape index (κ3) is 3.51. The number of ketones is 1. The number of thioether (sulfide) groups is 1. The second-order valence-electron chi connectivity index (χ2n) is 6.47. The molecular formula is C20H16ClFN2O2S. The molecule has 0 amide bonds. The minimum absolute atomic E-state index is 0.0720. The van der Waals surface area contributed by atoms with Crippen LogP contribution in [0.1, 0.15) is 25.7 Å². The van der Waals surface area contributed by atoms with E-state index in [2.05, 4.69) is 4.98 Å². The third-order valence-corrected chi connectivity index (χ3v) is 6.21. The van der Waals surface area contributed by atoms with Crippen molar-refractivity contribution in [1.29, 1.82) is 0 Å². The number of rotatable bonds is 3. The van der Waals surface area contributed by atoms with Crippen molar-refractivity contribution in [3.63, 3.8) is 0 Å². The van der Waals surface area contributed by atoms with Crippen molar-refractivity contribution in [2.75, 3.05) is 0 Å². The lowest BCUT2D eigenvalue weighted by Crippen LogP contribution is -2.26. The molecule has 1 saturated carbocycles. The van der Waals surface area contributed by atoms with E-state index in [0.29, 0.717) is 28.2 Å². The fourth-order valence-corrected chi connectivity index (χ4v) is 4.65. The molecule has 0 bridgehead atoms. The molecule has 7 heteroatoms. The van der Waals surface area contributed by atoms with Crippen LogP contribution in [0.4, 0.5) is 4.39 Å². The van der Waals surface area contributed by atoms with E-state index in [1.54, 1.807) is 18.2 Å². The highest BCUT2D eigenvalue weighted by Gasteiger charge is 2.26. The summed E-state index contributed by atoms with van der Waals surface area (Å²) >= 11 is 7.23. The summed E-state index contributed by atoms with van der Waals surface area (Å²) in [6.45, 7) is 0. The molecule has 1 aliphatic rings. The Labute approximate surface area is 164 Å². The van der Waals surface area contributed by atoms with Crippen molar-refractivity contribution in [1.82, 2.24) is 9.55 Å². The average Bonchev–Trinajstić information content (AvgIpc) is 2.66. The highest BCUT2D eigenvalue weighted by molar-refractivity contribution is 8.00. The van der Waals surface area contributed by atoms with Gasteiger partial charge in [-0.05, 0) is 43.2 Å². The number of hydrogen-bond acceptors (Lipinski definition) is 4. The molecule has 4 nitrogen and oxygen atoms in total. The molecule has 0 radical (unpaired) electrons. The summed E-state index contributed by atoms with van der Waals surface area (Å²) in [5, 5.41) is 0.574. The molecule has 1 fully saturated rings. The van der Waals surface area contributed by atoms with Crippen LogP contribution in [0.5, 0.6) is 0 Å². The van der Waals surface area contributed by atoms with Crippen LogP contribution >= 0.6 is 23.4 Å². The van der Waals surface area contributed by atoms with Crippen LogP contribution in [0.2, 0.25) is 5.02 Å². The van der Waals surface area contributed by atoms with Crippen LogP contribution in [-0.2, 0) is 4.79 Å². The van der Waals surface area contributed by atoms with Crippen LogP contribution in [0, 0.1) is 5.82 Å². The maximum Gasteiger partial charge on any atom is 0.266 e. The lowest BCUT2D eigenvalue weighted by Gasteiger charge is -2.21. The van der Waals surface area contributed by atoms with Crippen molar-refractivity contribution in [3.8, 4) is 5.69 Å². The first kappa shape index (κ1) is 18.2. The minimum atomic E-state index is -0.557. The Morgan fingerprint density at radius 3 is 2.74 bits per heavy atom. The largest absolute Gasteiger partial charge is 0.298 e. The van der Waals surface area contributed by atoms with Crippen molar-refractivity contribution < 1.29 is 9.18 Å². The average molecular weight is 403 g/mol. The second-order valence-corrected chi connectivity index (χ2v) is 8.05. The van der Waals surface area contributed by atoms with Gasteiger partial charge < -0.3 is 0 Å². The maximum atomic E-state index is 13.6. The third-order valence-electron chi connectivity index (χ3n) is 4.65. The molecule has 1 aliphatic carbocycles. The number of aromatic nitrogens is 2. The van der Waals surface area contributed by atoms with Gasteiger partial charge in [-0.2, -0.15) is 0 Å². The highest BCUT2D eigenvalue weighted by Crippen LogP contribution is 2.32. The van der Waals surface area contributed by atoms with Crippen LogP contribution < -0.4 is 5.56 Å². The number of carbonyl (C=O) groups excluding carboxylic acids is 1. The molecule has 1 aromatic heterocycles. The summed E-state index contributed by atoms with van der Waals surface area (Å²) in [6, 6.07) is 11.2. The normalized spacial score (nSPS) is 17.4. The maximum absolute atomic E-state index is 13.6. The quantitative estimate of drug-likeness (QED) is 0.591. The zero-order valence-electron chi connectivity index (χ0n) is 14.3. The Bertz CT molecular complexity index is 1100.